The highest BCUT2D eigenvalue weighted by molar-refractivity contribution is 7.89. The van der Waals surface area contributed by atoms with Crippen molar-refractivity contribution in [2.45, 2.75) is 76.5 Å². The van der Waals surface area contributed by atoms with Crippen molar-refractivity contribution >= 4 is 20.0 Å². The van der Waals surface area contributed by atoms with E-state index in [2.05, 4.69) is 23.9 Å². The first-order valence-corrected chi connectivity index (χ1v) is 22.8. The van der Waals surface area contributed by atoms with Crippen LogP contribution in [0.15, 0.2) is 58.3 Å². The summed E-state index contributed by atoms with van der Waals surface area (Å²) in [5.41, 5.74) is 6.75. The van der Waals surface area contributed by atoms with Crippen LogP contribution in [0.3, 0.4) is 0 Å². The molecule has 0 aliphatic carbocycles. The number of rotatable bonds is 11. The van der Waals surface area contributed by atoms with E-state index in [1.165, 1.54) is 4.31 Å². The number of hydrogen-bond acceptors (Lipinski definition) is 14. The van der Waals surface area contributed by atoms with Crippen molar-refractivity contribution in [1.82, 2.24) is 14.3 Å². The third-order valence-corrected chi connectivity index (χ3v) is 12.7. The average molecular weight is 861 g/mol. The van der Waals surface area contributed by atoms with Gasteiger partial charge in [0.05, 0.1) is 75.7 Å². The van der Waals surface area contributed by atoms with E-state index >= 15 is 0 Å². The van der Waals surface area contributed by atoms with Gasteiger partial charge in [-0.05, 0) is 44.2 Å². The van der Waals surface area contributed by atoms with E-state index in [1.54, 1.807) is 57.3 Å². The summed E-state index contributed by atoms with van der Waals surface area (Å²) in [5.74, 6) is 1.77. The number of sulfonamides is 2. The maximum atomic E-state index is 12.5. The molecule has 2 aromatic rings. The monoisotopic (exact) mass is 860 g/mol. The maximum Gasteiger partial charge on any atom is 0.243 e. The lowest BCUT2D eigenvalue weighted by Gasteiger charge is -2.30. The minimum Gasteiger partial charge on any atom is -0.351 e. The zero-order valence-corrected chi connectivity index (χ0v) is 37.1. The molecule has 0 spiro atoms. The van der Waals surface area contributed by atoms with Crippen LogP contribution in [0.25, 0.3) is 0 Å². The molecule has 4 aliphatic heterocycles. The highest BCUT2D eigenvalue weighted by Gasteiger charge is 2.28. The molecule has 0 amide bonds. The van der Waals surface area contributed by atoms with Crippen LogP contribution < -0.4 is 15.8 Å². The fourth-order valence-corrected chi connectivity index (χ4v) is 8.28. The number of nitrogens with zero attached hydrogens (tertiary/aromatic N) is 1. The Hall–Kier alpha value is -2.14. The Bertz CT molecular complexity index is 1660. The van der Waals surface area contributed by atoms with Gasteiger partial charge in [0.2, 0.25) is 20.0 Å². The lowest BCUT2D eigenvalue weighted by Crippen LogP contribution is -2.41. The second-order valence-electron chi connectivity index (χ2n) is 15.3. The van der Waals surface area contributed by atoms with Crippen LogP contribution >= 0.6 is 0 Å². The third kappa shape index (κ3) is 17.5. The van der Waals surface area contributed by atoms with E-state index in [4.69, 9.17) is 43.6 Å². The first-order chi connectivity index (χ1) is 27.5. The lowest BCUT2D eigenvalue weighted by atomic mass is 10.2. The molecular formula is C40H68N4O12S2. The summed E-state index contributed by atoms with van der Waals surface area (Å²) in [6.07, 6.45) is -1.17. The number of aryl methyl sites for hydroxylation is 2. The lowest BCUT2D eigenvalue weighted by molar-refractivity contribution is -0.199. The number of nitrogens with two attached hydrogens (primary N) is 1. The predicted molar refractivity (Wildman–Crippen MR) is 220 cm³/mol. The van der Waals surface area contributed by atoms with E-state index in [0.29, 0.717) is 72.0 Å². The van der Waals surface area contributed by atoms with Crippen molar-refractivity contribution < 1.29 is 54.7 Å². The molecule has 4 saturated heterocycles. The molecule has 0 radical (unpaired) electrons. The minimum atomic E-state index is -3.51. The fraction of sp³-hybridized carbons (Fsp3) is 0.700. The Labute approximate surface area is 346 Å². The summed E-state index contributed by atoms with van der Waals surface area (Å²) in [5, 5.41) is 3.00. The van der Waals surface area contributed by atoms with Gasteiger partial charge in [-0.15, -0.1) is 0 Å². The zero-order chi connectivity index (χ0) is 42.7. The molecule has 6 rings (SSSR count). The molecule has 332 valence electrons. The molecule has 0 saturated carbocycles. The molecule has 0 atom stereocenters. The van der Waals surface area contributed by atoms with Gasteiger partial charge in [-0.1, -0.05) is 64.1 Å². The number of benzene rings is 2. The first-order valence-electron chi connectivity index (χ1n) is 19.9. The molecule has 0 aromatic heterocycles. The molecule has 4 heterocycles. The van der Waals surface area contributed by atoms with Crippen molar-refractivity contribution in [3.8, 4) is 0 Å². The summed E-state index contributed by atoms with van der Waals surface area (Å²) in [6, 6.07) is 13.8. The van der Waals surface area contributed by atoms with E-state index in [9.17, 15) is 16.8 Å². The number of ether oxygens (including phenoxy) is 8. The largest absolute Gasteiger partial charge is 0.351 e. The van der Waals surface area contributed by atoms with Gasteiger partial charge in [-0.25, -0.2) is 21.6 Å². The van der Waals surface area contributed by atoms with Crippen LogP contribution in [0.4, 0.5) is 0 Å². The van der Waals surface area contributed by atoms with Crippen molar-refractivity contribution in [2.75, 3.05) is 93.1 Å². The van der Waals surface area contributed by atoms with Crippen molar-refractivity contribution in [2.24, 2.45) is 29.4 Å². The van der Waals surface area contributed by atoms with E-state index in [1.807, 2.05) is 33.0 Å². The van der Waals surface area contributed by atoms with Crippen LogP contribution in [-0.4, -0.2) is 139 Å². The number of hydrogen-bond donors (Lipinski definition) is 3. The van der Waals surface area contributed by atoms with Crippen molar-refractivity contribution in [3.05, 3.63) is 59.7 Å². The van der Waals surface area contributed by atoms with Gasteiger partial charge < -0.3 is 48.9 Å². The van der Waals surface area contributed by atoms with Gasteiger partial charge in [0, 0.05) is 43.8 Å². The molecule has 4 aliphatic rings. The topological polar surface area (TPSA) is 195 Å². The Balaban J connectivity index is 0.000000219. The van der Waals surface area contributed by atoms with Gasteiger partial charge >= 0.3 is 0 Å². The summed E-state index contributed by atoms with van der Waals surface area (Å²) >= 11 is 0. The van der Waals surface area contributed by atoms with Crippen LogP contribution in [-0.2, 0) is 57.9 Å². The van der Waals surface area contributed by atoms with Crippen LogP contribution in [0.5, 0.6) is 0 Å². The Morgan fingerprint density at radius 3 is 1.34 bits per heavy atom. The minimum absolute atomic E-state index is 0.0267. The highest BCUT2D eigenvalue weighted by Crippen LogP contribution is 2.21. The molecule has 58 heavy (non-hydrogen) atoms. The summed E-state index contributed by atoms with van der Waals surface area (Å²) in [4.78, 5) is 0.617. The maximum absolute atomic E-state index is 12.5. The summed E-state index contributed by atoms with van der Waals surface area (Å²) in [6.45, 7) is 19.0. The van der Waals surface area contributed by atoms with Crippen molar-refractivity contribution in [3.63, 3.8) is 0 Å². The quantitative estimate of drug-likeness (QED) is 0.298. The Kier molecular flexibility index (Phi) is 22.2. The molecule has 18 heteroatoms. The number of nitrogens with one attached hydrogen (secondary N) is 2. The molecule has 0 bridgehead atoms. The van der Waals surface area contributed by atoms with Gasteiger partial charge in [-0.3, -0.25) is 0 Å². The molecule has 4 fully saturated rings. The van der Waals surface area contributed by atoms with Crippen LogP contribution in [0.1, 0.15) is 38.8 Å². The van der Waals surface area contributed by atoms with Crippen LogP contribution in [0.2, 0.25) is 0 Å². The van der Waals surface area contributed by atoms with Gasteiger partial charge in [0.25, 0.3) is 0 Å². The molecule has 0 unspecified atom stereocenters. The first kappa shape index (κ1) is 50.2. The summed E-state index contributed by atoms with van der Waals surface area (Å²) in [7, 11) is -3.58. The summed E-state index contributed by atoms with van der Waals surface area (Å²) < 4.78 is 96.0. The highest BCUT2D eigenvalue weighted by atomic mass is 32.2. The standard InChI is InChI=1S/C14H21NO4S.C13H19NO4S.C7H15NO2.C6H13NO2/c1-11-9-18-14(19-10-11)8-15(3)20(16,17)13-7-5-4-6-12(13)2;1-10-8-17-13(18-9-10)7-14-19(15,16)12-6-4-3-5-11(12)2;1-6-4-9-7(3-8-2)10-5-6;1-5-3-8-6(2-7)9-4-5/h4-7,11,14H,8-10H2,1-3H3;3-6,10,13-14H,7-9H2,1-2H3;6-8H,3-5H2,1-2H3;5-6H,2-4,7H2,1H3. The van der Waals surface area contributed by atoms with Crippen LogP contribution in [0, 0.1) is 37.5 Å². The molecule has 16 nitrogen and oxygen atoms in total. The van der Waals surface area contributed by atoms with Gasteiger partial charge in [0.1, 0.15) is 0 Å². The smallest absolute Gasteiger partial charge is 0.243 e. The Morgan fingerprint density at radius 2 is 0.948 bits per heavy atom. The fourth-order valence-electron chi connectivity index (χ4n) is 5.64. The SMILES string of the molecule is CC1COC(CN)OC1.CNCC1OCC(C)CO1.Cc1ccccc1S(=O)(=O)N(C)CC1OCC(C)CO1.Cc1ccccc1S(=O)(=O)NCC1OCC(C)CO1. The number of likely N-dealkylation sites (N-methyl/N-ethyl adjacent to an activating group) is 2. The van der Waals surface area contributed by atoms with Crippen molar-refractivity contribution in [1.29, 1.82) is 0 Å². The normalized spacial score (nSPS) is 27.8. The second kappa shape index (κ2) is 25.6. The van der Waals surface area contributed by atoms with Gasteiger partial charge in [-0.2, -0.15) is 4.31 Å². The average Bonchev–Trinajstić information content (AvgIpc) is 3.21. The molecular weight excluding hydrogens is 793 g/mol. The van der Waals surface area contributed by atoms with E-state index in [-0.39, 0.29) is 25.7 Å². The van der Waals surface area contributed by atoms with Gasteiger partial charge in [0.15, 0.2) is 25.2 Å². The Morgan fingerprint density at radius 1 is 0.586 bits per heavy atom. The predicted octanol–water partition coefficient (Wildman–Crippen LogP) is 3.08. The van der Waals surface area contributed by atoms with E-state index in [0.717, 1.165) is 38.5 Å². The second-order valence-corrected chi connectivity index (χ2v) is 19.0. The molecule has 2 aromatic carbocycles. The van der Waals surface area contributed by atoms with E-state index < -0.39 is 32.6 Å². The third-order valence-electron chi connectivity index (χ3n) is 9.11. The molecule has 4 N–H and O–H groups in total. The zero-order valence-electron chi connectivity index (χ0n) is 35.5.